The van der Waals surface area contributed by atoms with E-state index < -0.39 is 0 Å². The second kappa shape index (κ2) is 8.65. The molecule has 1 fully saturated rings. The Kier molecular flexibility index (Phi) is 6.05. The van der Waals surface area contributed by atoms with Crippen molar-refractivity contribution in [2.24, 2.45) is 11.8 Å². The van der Waals surface area contributed by atoms with Gasteiger partial charge in [0.25, 0.3) is 0 Å². The van der Waals surface area contributed by atoms with E-state index in [1.54, 1.807) is 0 Å². The van der Waals surface area contributed by atoms with Crippen molar-refractivity contribution in [3.63, 3.8) is 0 Å². The lowest BCUT2D eigenvalue weighted by atomic mass is 9.78. The molecule has 1 saturated carbocycles. The van der Waals surface area contributed by atoms with Crippen LogP contribution in [0.3, 0.4) is 0 Å². The molecule has 0 radical (unpaired) electrons. The minimum absolute atomic E-state index is 0.0180. The summed E-state index contributed by atoms with van der Waals surface area (Å²) in [5.41, 5.74) is 2.79. The summed E-state index contributed by atoms with van der Waals surface area (Å²) in [6.07, 6.45) is 2.93. The van der Waals surface area contributed by atoms with Gasteiger partial charge in [-0.3, -0.25) is 9.59 Å². The van der Waals surface area contributed by atoms with Crippen LogP contribution in [0.4, 0.5) is 5.69 Å². The number of para-hydroxylation sites is 1. The first-order valence-electron chi connectivity index (χ1n) is 9.18. The Morgan fingerprint density at radius 2 is 1.54 bits per heavy atom. The molecule has 0 bridgehead atoms. The molecule has 4 nitrogen and oxygen atoms in total. The lowest BCUT2D eigenvalue weighted by Gasteiger charge is -2.26. The largest absolute Gasteiger partial charge is 0.469 e. The van der Waals surface area contributed by atoms with Gasteiger partial charge in [0, 0.05) is 23.7 Å². The van der Waals surface area contributed by atoms with E-state index in [0.717, 1.165) is 36.9 Å². The third-order valence-corrected chi connectivity index (χ3v) is 5.15. The number of ketones is 1. The van der Waals surface area contributed by atoms with Gasteiger partial charge in [-0.15, -0.1) is 0 Å². The second-order valence-corrected chi connectivity index (χ2v) is 6.82. The lowest BCUT2D eigenvalue weighted by molar-refractivity contribution is -0.146. The van der Waals surface area contributed by atoms with Crippen LogP contribution in [0.25, 0.3) is 0 Å². The zero-order valence-electron chi connectivity index (χ0n) is 15.1. The summed E-state index contributed by atoms with van der Waals surface area (Å²) in [6.45, 7) is 0.681. The summed E-state index contributed by atoms with van der Waals surface area (Å²) in [5, 5.41) is 3.39. The maximum absolute atomic E-state index is 13.0. The highest BCUT2D eigenvalue weighted by molar-refractivity contribution is 6.02. The fraction of sp³-hybridized carbons (Fsp3) is 0.364. The molecule has 3 rings (SSSR count). The Labute approximate surface area is 154 Å². The van der Waals surface area contributed by atoms with E-state index in [0.29, 0.717) is 6.54 Å². The molecule has 0 spiro atoms. The predicted octanol–water partition coefficient (Wildman–Crippen LogP) is 4.46. The highest BCUT2D eigenvalue weighted by Gasteiger charge is 2.31. The molecule has 136 valence electrons. The molecule has 1 aliphatic rings. The van der Waals surface area contributed by atoms with Crippen LogP contribution < -0.4 is 5.32 Å². The Morgan fingerprint density at radius 1 is 0.923 bits per heavy atom. The fourth-order valence-corrected chi connectivity index (χ4v) is 3.62. The van der Waals surface area contributed by atoms with Crippen molar-refractivity contribution >= 4 is 17.4 Å². The van der Waals surface area contributed by atoms with Gasteiger partial charge < -0.3 is 10.1 Å². The van der Waals surface area contributed by atoms with E-state index in [1.807, 2.05) is 42.5 Å². The lowest BCUT2D eigenvalue weighted by Crippen LogP contribution is -2.27. The van der Waals surface area contributed by atoms with Gasteiger partial charge in [0.2, 0.25) is 0 Å². The van der Waals surface area contributed by atoms with Gasteiger partial charge in [-0.2, -0.15) is 0 Å². The Hall–Kier alpha value is -2.62. The average molecular weight is 351 g/mol. The molecular formula is C22H25NO3. The molecule has 26 heavy (non-hydrogen) atoms. The molecule has 0 atom stereocenters. The normalized spacial score (nSPS) is 19.6. The molecule has 0 aliphatic heterocycles. The van der Waals surface area contributed by atoms with E-state index >= 15 is 0 Å². The van der Waals surface area contributed by atoms with Crippen LogP contribution in [0.2, 0.25) is 0 Å². The van der Waals surface area contributed by atoms with Gasteiger partial charge in [0.1, 0.15) is 0 Å². The van der Waals surface area contributed by atoms with E-state index in [2.05, 4.69) is 17.4 Å². The smallest absolute Gasteiger partial charge is 0.308 e. The number of nitrogens with one attached hydrogen (secondary N) is 1. The first-order chi connectivity index (χ1) is 12.7. The zero-order chi connectivity index (χ0) is 18.4. The van der Waals surface area contributed by atoms with Crippen LogP contribution in [-0.4, -0.2) is 18.9 Å². The molecule has 0 aromatic heterocycles. The van der Waals surface area contributed by atoms with Crippen molar-refractivity contribution in [2.75, 3.05) is 12.4 Å². The van der Waals surface area contributed by atoms with Gasteiger partial charge in [0.05, 0.1) is 13.0 Å². The van der Waals surface area contributed by atoms with E-state index in [1.165, 1.54) is 12.7 Å². The number of carbonyl (C=O) groups is 2. The van der Waals surface area contributed by atoms with Crippen LogP contribution in [0.5, 0.6) is 0 Å². The van der Waals surface area contributed by atoms with Crippen LogP contribution in [0.1, 0.15) is 41.6 Å². The van der Waals surface area contributed by atoms with Crippen molar-refractivity contribution in [1.82, 2.24) is 0 Å². The number of rotatable bonds is 6. The van der Waals surface area contributed by atoms with Crippen molar-refractivity contribution < 1.29 is 14.3 Å². The maximum atomic E-state index is 13.0. The fourth-order valence-electron chi connectivity index (χ4n) is 3.62. The van der Waals surface area contributed by atoms with E-state index in [9.17, 15) is 9.59 Å². The van der Waals surface area contributed by atoms with Gasteiger partial charge in [-0.25, -0.2) is 0 Å². The van der Waals surface area contributed by atoms with Crippen LogP contribution in [0.15, 0.2) is 54.6 Å². The second-order valence-electron chi connectivity index (χ2n) is 6.82. The first-order valence-corrected chi connectivity index (χ1v) is 9.18. The number of hydrogen-bond acceptors (Lipinski definition) is 4. The van der Waals surface area contributed by atoms with Gasteiger partial charge >= 0.3 is 5.97 Å². The summed E-state index contributed by atoms with van der Waals surface area (Å²) in [5.74, 6) is -0.0589. The maximum Gasteiger partial charge on any atom is 0.308 e. The molecule has 0 heterocycles. The van der Waals surface area contributed by atoms with Crippen molar-refractivity contribution in [1.29, 1.82) is 0 Å². The standard InChI is InChI=1S/C22H25NO3/c1-26-22(25)18-13-11-17(12-14-18)21(24)19-9-5-6-10-20(19)23-15-16-7-3-2-4-8-16/h2-10,17-18,23H,11-15H2,1H3. The number of Topliss-reactive ketones (excluding diaryl/α,β-unsaturated/α-hetero) is 1. The summed E-state index contributed by atoms with van der Waals surface area (Å²) in [7, 11) is 1.42. The molecular weight excluding hydrogens is 326 g/mol. The Morgan fingerprint density at radius 3 is 2.23 bits per heavy atom. The number of ether oxygens (including phenoxy) is 1. The number of hydrogen-bond donors (Lipinski definition) is 1. The summed E-state index contributed by atoms with van der Waals surface area (Å²) in [6, 6.07) is 17.8. The quantitative estimate of drug-likeness (QED) is 0.617. The van der Waals surface area contributed by atoms with Crippen LogP contribution in [-0.2, 0) is 16.1 Å². The average Bonchev–Trinajstić information content (AvgIpc) is 2.72. The molecule has 1 aliphatic carbocycles. The van der Waals surface area contributed by atoms with Gasteiger partial charge in [-0.1, -0.05) is 42.5 Å². The van der Waals surface area contributed by atoms with Crippen LogP contribution >= 0.6 is 0 Å². The van der Waals surface area contributed by atoms with Gasteiger partial charge in [0.15, 0.2) is 5.78 Å². The summed E-state index contributed by atoms with van der Waals surface area (Å²) >= 11 is 0. The predicted molar refractivity (Wildman–Crippen MR) is 102 cm³/mol. The molecule has 2 aromatic carbocycles. The highest BCUT2D eigenvalue weighted by atomic mass is 16.5. The molecule has 2 aromatic rings. The number of anilines is 1. The van der Waals surface area contributed by atoms with Crippen molar-refractivity contribution in [3.05, 3.63) is 65.7 Å². The number of esters is 1. The number of benzene rings is 2. The van der Waals surface area contributed by atoms with E-state index in [4.69, 9.17) is 4.74 Å². The minimum atomic E-state index is -0.152. The number of carbonyl (C=O) groups excluding carboxylic acids is 2. The highest BCUT2D eigenvalue weighted by Crippen LogP contribution is 2.33. The molecule has 4 heteroatoms. The van der Waals surface area contributed by atoms with Crippen molar-refractivity contribution in [2.45, 2.75) is 32.2 Å². The van der Waals surface area contributed by atoms with Crippen LogP contribution in [0, 0.1) is 11.8 Å². The third-order valence-electron chi connectivity index (χ3n) is 5.15. The molecule has 0 saturated heterocycles. The van der Waals surface area contributed by atoms with E-state index in [-0.39, 0.29) is 23.6 Å². The molecule has 1 N–H and O–H groups in total. The zero-order valence-corrected chi connectivity index (χ0v) is 15.1. The van der Waals surface area contributed by atoms with Gasteiger partial charge in [-0.05, 0) is 43.4 Å². The number of methoxy groups -OCH3 is 1. The minimum Gasteiger partial charge on any atom is -0.469 e. The Balaban J connectivity index is 1.65. The topological polar surface area (TPSA) is 55.4 Å². The summed E-state index contributed by atoms with van der Waals surface area (Å²) in [4.78, 5) is 24.7. The molecule has 0 amide bonds. The SMILES string of the molecule is COC(=O)C1CCC(C(=O)c2ccccc2NCc2ccccc2)CC1. The Bertz CT molecular complexity index is 749. The third kappa shape index (κ3) is 4.31. The first kappa shape index (κ1) is 18.2. The monoisotopic (exact) mass is 351 g/mol. The molecule has 0 unspecified atom stereocenters. The van der Waals surface area contributed by atoms with Crippen molar-refractivity contribution in [3.8, 4) is 0 Å². The summed E-state index contributed by atoms with van der Waals surface area (Å²) < 4.78 is 4.83.